The Morgan fingerprint density at radius 1 is 1.12 bits per heavy atom. The largest absolute Gasteiger partial charge is 0.290 e. The number of hydrogen-bond donors (Lipinski definition) is 0. The number of pyridine rings is 1. The van der Waals surface area contributed by atoms with E-state index in [1.165, 1.54) is 16.2 Å². The zero-order valence-electron chi connectivity index (χ0n) is 15.4. The van der Waals surface area contributed by atoms with Gasteiger partial charge >= 0.3 is 0 Å². The highest BCUT2D eigenvalue weighted by molar-refractivity contribution is 6.29. The van der Waals surface area contributed by atoms with E-state index >= 15 is 0 Å². The Labute approximate surface area is 157 Å². The van der Waals surface area contributed by atoms with Crippen LogP contribution in [0.25, 0.3) is 0 Å². The summed E-state index contributed by atoms with van der Waals surface area (Å²) >= 11 is 5.78. The Morgan fingerprint density at radius 2 is 1.77 bits per heavy atom. The highest BCUT2D eigenvalue weighted by atomic mass is 35.5. The maximum absolute atomic E-state index is 13.0. The van der Waals surface area contributed by atoms with E-state index < -0.39 is 0 Å². The molecule has 0 radical (unpaired) electrons. The van der Waals surface area contributed by atoms with E-state index in [1.807, 2.05) is 20.8 Å². The molecular formula is C18H22ClN5O2. The Kier molecular flexibility index (Phi) is 4.75. The van der Waals surface area contributed by atoms with E-state index in [0.29, 0.717) is 29.5 Å². The van der Waals surface area contributed by atoms with Crippen molar-refractivity contribution >= 4 is 23.4 Å². The number of amides is 2. The van der Waals surface area contributed by atoms with Gasteiger partial charge in [0, 0.05) is 31.7 Å². The van der Waals surface area contributed by atoms with Crippen LogP contribution >= 0.6 is 11.6 Å². The number of rotatable bonds is 2. The summed E-state index contributed by atoms with van der Waals surface area (Å²) < 4.78 is 1.58. The fraction of sp³-hybridized carbons (Fsp3) is 0.444. The predicted octanol–water partition coefficient (Wildman–Crippen LogP) is 2.67. The lowest BCUT2D eigenvalue weighted by Gasteiger charge is -2.27. The minimum absolute atomic E-state index is 0.161. The van der Waals surface area contributed by atoms with Gasteiger partial charge in [-0.25, -0.2) is 15.0 Å². The van der Waals surface area contributed by atoms with Gasteiger partial charge in [0.2, 0.25) is 0 Å². The Morgan fingerprint density at radius 3 is 2.31 bits per heavy atom. The zero-order chi connectivity index (χ0) is 19.1. The molecule has 0 unspecified atom stereocenters. The Hall–Kier alpha value is -2.41. The van der Waals surface area contributed by atoms with Crippen LogP contribution in [-0.2, 0) is 12.5 Å². The predicted molar refractivity (Wildman–Crippen MR) is 97.8 cm³/mol. The first-order chi connectivity index (χ1) is 12.2. The number of halogens is 1. The SMILES string of the molecule is Cn1nc(C(C)(C)C)cc1C(=O)N1CCCN1C(=O)c1ccc(Cl)nc1. The fourth-order valence-electron chi connectivity index (χ4n) is 2.85. The van der Waals surface area contributed by atoms with Gasteiger partial charge in [0.1, 0.15) is 10.8 Å². The second-order valence-corrected chi connectivity index (χ2v) is 7.76. The van der Waals surface area contributed by atoms with Crippen molar-refractivity contribution < 1.29 is 9.59 Å². The third-order valence-corrected chi connectivity index (χ3v) is 4.57. The summed E-state index contributed by atoms with van der Waals surface area (Å²) in [7, 11) is 1.74. The van der Waals surface area contributed by atoms with Crippen LogP contribution in [-0.4, -0.2) is 49.7 Å². The summed E-state index contributed by atoms with van der Waals surface area (Å²) in [5.41, 5.74) is 1.53. The highest BCUT2D eigenvalue weighted by Crippen LogP contribution is 2.24. The molecule has 0 spiro atoms. The number of carbonyl (C=O) groups excluding carboxylic acids is 2. The molecule has 1 fully saturated rings. The molecule has 8 heteroatoms. The van der Waals surface area contributed by atoms with Crippen LogP contribution in [0.3, 0.4) is 0 Å². The van der Waals surface area contributed by atoms with Crippen molar-refractivity contribution in [1.82, 2.24) is 24.8 Å². The number of hydrazine groups is 1. The molecule has 0 N–H and O–H groups in total. The third kappa shape index (κ3) is 3.44. The standard InChI is InChI=1S/C18H22ClN5O2/c1-18(2,3)14-10-13(22(4)21-14)17(26)24-9-5-8-23(24)16(25)12-6-7-15(19)20-11-12/h6-7,10-11H,5,8-9H2,1-4H3. The molecule has 2 aromatic heterocycles. The minimum Gasteiger partial charge on any atom is -0.267 e. The molecule has 3 rings (SSSR count). The minimum atomic E-state index is -0.266. The van der Waals surface area contributed by atoms with Crippen LogP contribution in [0, 0.1) is 0 Å². The molecule has 7 nitrogen and oxygen atoms in total. The first-order valence-electron chi connectivity index (χ1n) is 8.48. The second-order valence-electron chi connectivity index (χ2n) is 7.37. The van der Waals surface area contributed by atoms with Crippen molar-refractivity contribution in [3.05, 3.63) is 46.5 Å². The Balaban J connectivity index is 1.86. The van der Waals surface area contributed by atoms with Crippen LogP contribution < -0.4 is 0 Å². The molecule has 0 aliphatic carbocycles. The van der Waals surface area contributed by atoms with E-state index in [4.69, 9.17) is 11.6 Å². The quantitative estimate of drug-likeness (QED) is 0.756. The van der Waals surface area contributed by atoms with Gasteiger partial charge in [0.05, 0.1) is 11.3 Å². The molecule has 0 saturated carbocycles. The van der Waals surface area contributed by atoms with Crippen molar-refractivity contribution in [1.29, 1.82) is 0 Å². The lowest BCUT2D eigenvalue weighted by molar-refractivity contribution is 0.0179. The summed E-state index contributed by atoms with van der Waals surface area (Å²) in [5.74, 6) is -0.499. The van der Waals surface area contributed by atoms with Gasteiger partial charge in [-0.15, -0.1) is 0 Å². The van der Waals surface area contributed by atoms with E-state index in [9.17, 15) is 9.59 Å². The number of carbonyl (C=O) groups is 2. The topological polar surface area (TPSA) is 71.3 Å². The summed E-state index contributed by atoms with van der Waals surface area (Å²) in [6.45, 7) is 7.10. The van der Waals surface area contributed by atoms with Gasteiger partial charge in [-0.05, 0) is 24.6 Å². The summed E-state index contributed by atoms with van der Waals surface area (Å²) in [6.07, 6.45) is 2.15. The van der Waals surface area contributed by atoms with E-state index in [-0.39, 0.29) is 17.2 Å². The van der Waals surface area contributed by atoms with Crippen molar-refractivity contribution in [2.75, 3.05) is 13.1 Å². The second kappa shape index (κ2) is 6.72. The van der Waals surface area contributed by atoms with Gasteiger partial charge in [-0.1, -0.05) is 32.4 Å². The smallest absolute Gasteiger partial charge is 0.267 e. The molecule has 0 atom stereocenters. The van der Waals surface area contributed by atoms with Crippen molar-refractivity contribution in [3.63, 3.8) is 0 Å². The average molecular weight is 376 g/mol. The fourth-order valence-corrected chi connectivity index (χ4v) is 2.96. The molecule has 2 amide bonds. The molecule has 0 aromatic carbocycles. The number of aromatic nitrogens is 3. The molecule has 1 aliphatic heterocycles. The van der Waals surface area contributed by atoms with Crippen LogP contribution in [0.15, 0.2) is 24.4 Å². The third-order valence-electron chi connectivity index (χ3n) is 4.34. The van der Waals surface area contributed by atoms with E-state index in [2.05, 4.69) is 10.1 Å². The molecular weight excluding hydrogens is 354 g/mol. The first kappa shape index (κ1) is 18.4. The van der Waals surface area contributed by atoms with Gasteiger partial charge in [-0.2, -0.15) is 5.10 Å². The lowest BCUT2D eigenvalue weighted by atomic mass is 9.92. The first-order valence-corrected chi connectivity index (χ1v) is 8.86. The summed E-state index contributed by atoms with van der Waals surface area (Å²) in [4.78, 5) is 29.8. The maximum Gasteiger partial charge on any atom is 0.290 e. The van der Waals surface area contributed by atoms with E-state index in [1.54, 1.807) is 29.9 Å². The summed E-state index contributed by atoms with van der Waals surface area (Å²) in [5, 5.41) is 7.73. The van der Waals surface area contributed by atoms with Crippen LogP contribution in [0.2, 0.25) is 5.15 Å². The van der Waals surface area contributed by atoms with Crippen LogP contribution in [0.5, 0.6) is 0 Å². The number of hydrogen-bond acceptors (Lipinski definition) is 4. The number of nitrogens with zero attached hydrogens (tertiary/aromatic N) is 5. The van der Waals surface area contributed by atoms with Crippen LogP contribution in [0.1, 0.15) is 53.7 Å². The number of aryl methyl sites for hydroxylation is 1. The summed E-state index contributed by atoms with van der Waals surface area (Å²) in [6, 6.07) is 4.97. The molecule has 0 bridgehead atoms. The van der Waals surface area contributed by atoms with Gasteiger partial charge in [0.15, 0.2) is 0 Å². The van der Waals surface area contributed by atoms with Gasteiger partial charge in [-0.3, -0.25) is 14.3 Å². The maximum atomic E-state index is 13.0. The molecule has 2 aromatic rings. The molecule has 1 aliphatic rings. The average Bonchev–Trinajstić information content (AvgIpc) is 3.20. The normalized spacial score (nSPS) is 14.8. The van der Waals surface area contributed by atoms with E-state index in [0.717, 1.165) is 12.1 Å². The molecule has 26 heavy (non-hydrogen) atoms. The monoisotopic (exact) mass is 375 g/mol. The van der Waals surface area contributed by atoms with Gasteiger partial charge < -0.3 is 0 Å². The molecule has 1 saturated heterocycles. The van der Waals surface area contributed by atoms with Crippen molar-refractivity contribution in [3.8, 4) is 0 Å². The van der Waals surface area contributed by atoms with Gasteiger partial charge in [0.25, 0.3) is 11.8 Å². The molecule has 3 heterocycles. The lowest BCUT2D eigenvalue weighted by Crippen LogP contribution is -2.45. The Bertz CT molecular complexity index is 838. The van der Waals surface area contributed by atoms with Crippen molar-refractivity contribution in [2.24, 2.45) is 7.05 Å². The zero-order valence-corrected chi connectivity index (χ0v) is 16.1. The van der Waals surface area contributed by atoms with Crippen LogP contribution in [0.4, 0.5) is 0 Å². The van der Waals surface area contributed by atoms with Crippen molar-refractivity contribution in [2.45, 2.75) is 32.6 Å². The molecule has 138 valence electrons. The highest BCUT2D eigenvalue weighted by Gasteiger charge is 2.34.